The summed E-state index contributed by atoms with van der Waals surface area (Å²) in [4.78, 5) is 14.8. The van der Waals surface area contributed by atoms with Gasteiger partial charge in [0.15, 0.2) is 0 Å². The molecule has 8 heteroatoms. The highest BCUT2D eigenvalue weighted by Crippen LogP contribution is 2.26. The third-order valence-corrected chi connectivity index (χ3v) is 8.04. The topological polar surface area (TPSA) is 70.2 Å². The number of piperazine rings is 1. The summed E-state index contributed by atoms with van der Waals surface area (Å²) in [6, 6.07) is 11.9. The molecule has 0 N–H and O–H groups in total. The minimum atomic E-state index is -3.46. The van der Waals surface area contributed by atoms with Crippen molar-refractivity contribution in [2.75, 3.05) is 46.4 Å². The molecule has 164 valence electrons. The third-order valence-electron chi connectivity index (χ3n) is 5.85. The summed E-state index contributed by atoms with van der Waals surface area (Å²) in [7, 11) is -1.82. The van der Waals surface area contributed by atoms with E-state index in [-0.39, 0.29) is 11.8 Å². The van der Waals surface area contributed by atoms with Gasteiger partial charge in [0, 0.05) is 39.3 Å². The number of carbonyl (C=O) groups excluding carboxylic acids is 1. The van der Waals surface area contributed by atoms with Crippen LogP contribution in [0, 0.1) is 0 Å². The number of ether oxygens (including phenoxy) is 1. The number of amides is 1. The zero-order valence-corrected chi connectivity index (χ0v) is 19.0. The third kappa shape index (κ3) is 4.45. The molecule has 0 radical (unpaired) electrons. The van der Waals surface area contributed by atoms with E-state index in [9.17, 15) is 13.2 Å². The Labute approximate surface area is 179 Å². The molecular formula is C22H31N3O4S. The number of benzene rings is 2. The van der Waals surface area contributed by atoms with E-state index in [2.05, 4.69) is 0 Å². The van der Waals surface area contributed by atoms with Crippen molar-refractivity contribution in [2.24, 2.45) is 0 Å². The molecule has 0 saturated carbocycles. The molecule has 1 atom stereocenters. The lowest BCUT2D eigenvalue weighted by Gasteiger charge is -2.37. The van der Waals surface area contributed by atoms with Crippen LogP contribution in [0.4, 0.5) is 0 Å². The summed E-state index contributed by atoms with van der Waals surface area (Å²) in [5.41, 5.74) is 0.954. The largest absolute Gasteiger partial charge is 0.497 e. The maximum absolute atomic E-state index is 13.1. The molecule has 30 heavy (non-hydrogen) atoms. The molecule has 2 aromatic rings. The second-order valence-corrected chi connectivity index (χ2v) is 9.44. The van der Waals surface area contributed by atoms with Crippen molar-refractivity contribution < 1.29 is 17.9 Å². The van der Waals surface area contributed by atoms with Gasteiger partial charge in [0.2, 0.25) is 5.91 Å². The van der Waals surface area contributed by atoms with Gasteiger partial charge < -0.3 is 9.64 Å². The quantitative estimate of drug-likeness (QED) is 0.673. The van der Waals surface area contributed by atoms with E-state index in [1.165, 1.54) is 8.61 Å². The van der Waals surface area contributed by atoms with Crippen LogP contribution in [0.15, 0.2) is 36.4 Å². The zero-order valence-electron chi connectivity index (χ0n) is 18.2. The summed E-state index contributed by atoms with van der Waals surface area (Å²) in [5.74, 6) is 0.544. The first kappa shape index (κ1) is 22.5. The van der Waals surface area contributed by atoms with E-state index in [0.29, 0.717) is 39.3 Å². The van der Waals surface area contributed by atoms with Gasteiger partial charge in [-0.05, 0) is 35.4 Å². The molecule has 0 aliphatic carbocycles. The van der Waals surface area contributed by atoms with Crippen molar-refractivity contribution in [1.82, 2.24) is 13.5 Å². The number of fused-ring (bicyclic) bond motifs is 1. The van der Waals surface area contributed by atoms with Crippen LogP contribution in [0.25, 0.3) is 10.8 Å². The monoisotopic (exact) mass is 433 g/mol. The standard InChI is InChI=1S/C22H31N3O4S/c1-5-24(6-2)30(27,28)25-13-11-23(12-14-25)22(26)17(3)18-7-8-20-16-21(29-4)10-9-19(20)15-18/h7-10,15-17H,5-6,11-14H2,1-4H3/t17-/m1/s1. The highest BCUT2D eigenvalue weighted by atomic mass is 32.2. The van der Waals surface area contributed by atoms with Crippen molar-refractivity contribution in [2.45, 2.75) is 26.7 Å². The van der Waals surface area contributed by atoms with Gasteiger partial charge in [-0.2, -0.15) is 17.0 Å². The van der Waals surface area contributed by atoms with E-state index in [1.807, 2.05) is 57.2 Å². The average Bonchev–Trinajstić information content (AvgIpc) is 2.78. The van der Waals surface area contributed by atoms with Gasteiger partial charge in [-0.1, -0.05) is 38.1 Å². The maximum atomic E-state index is 13.1. The Morgan fingerprint density at radius 2 is 1.63 bits per heavy atom. The molecule has 0 spiro atoms. The van der Waals surface area contributed by atoms with Crippen LogP contribution in [-0.4, -0.2) is 74.2 Å². The Morgan fingerprint density at radius 1 is 1.03 bits per heavy atom. The fourth-order valence-corrected chi connectivity index (χ4v) is 5.51. The first-order valence-electron chi connectivity index (χ1n) is 10.4. The van der Waals surface area contributed by atoms with Gasteiger partial charge >= 0.3 is 0 Å². The predicted molar refractivity (Wildman–Crippen MR) is 119 cm³/mol. The van der Waals surface area contributed by atoms with Crippen LogP contribution in [0.1, 0.15) is 32.3 Å². The maximum Gasteiger partial charge on any atom is 0.282 e. The molecule has 1 saturated heterocycles. The van der Waals surface area contributed by atoms with Crippen LogP contribution in [0.5, 0.6) is 5.75 Å². The smallest absolute Gasteiger partial charge is 0.282 e. The highest BCUT2D eigenvalue weighted by Gasteiger charge is 2.33. The summed E-state index contributed by atoms with van der Waals surface area (Å²) < 4.78 is 33.6. The molecule has 7 nitrogen and oxygen atoms in total. The summed E-state index contributed by atoms with van der Waals surface area (Å²) in [6.45, 7) is 7.95. The number of carbonyl (C=O) groups is 1. The normalized spacial score (nSPS) is 16.8. The number of hydrogen-bond donors (Lipinski definition) is 0. The fourth-order valence-electron chi connectivity index (χ4n) is 3.91. The first-order chi connectivity index (χ1) is 14.3. The predicted octanol–water partition coefficient (Wildman–Crippen LogP) is 2.68. The van der Waals surface area contributed by atoms with Gasteiger partial charge in [-0.15, -0.1) is 0 Å². The lowest BCUT2D eigenvalue weighted by Crippen LogP contribution is -2.54. The molecule has 1 aliphatic rings. The van der Waals surface area contributed by atoms with Crippen LogP contribution in [0.2, 0.25) is 0 Å². The molecule has 0 aromatic heterocycles. The number of rotatable bonds is 7. The number of nitrogens with zero attached hydrogens (tertiary/aromatic N) is 3. The molecule has 0 bridgehead atoms. The first-order valence-corrected chi connectivity index (χ1v) is 11.8. The molecule has 1 amide bonds. The molecule has 3 rings (SSSR count). The Morgan fingerprint density at radius 3 is 2.23 bits per heavy atom. The minimum absolute atomic E-state index is 0.0303. The van der Waals surface area contributed by atoms with Gasteiger partial charge in [0.05, 0.1) is 13.0 Å². The van der Waals surface area contributed by atoms with Gasteiger partial charge in [-0.25, -0.2) is 0 Å². The molecule has 0 unspecified atom stereocenters. The van der Waals surface area contributed by atoms with Crippen molar-refractivity contribution in [3.8, 4) is 5.75 Å². The van der Waals surface area contributed by atoms with E-state index >= 15 is 0 Å². The summed E-state index contributed by atoms with van der Waals surface area (Å²) in [5, 5.41) is 2.12. The Kier molecular flexibility index (Phi) is 7.00. The lowest BCUT2D eigenvalue weighted by atomic mass is 9.96. The van der Waals surface area contributed by atoms with E-state index in [4.69, 9.17) is 4.74 Å². The Hall–Kier alpha value is -2.16. The van der Waals surface area contributed by atoms with Gasteiger partial charge in [0.1, 0.15) is 5.75 Å². The van der Waals surface area contributed by atoms with E-state index in [1.54, 1.807) is 12.0 Å². The van der Waals surface area contributed by atoms with E-state index in [0.717, 1.165) is 22.1 Å². The SMILES string of the molecule is CCN(CC)S(=O)(=O)N1CCN(C(=O)[C@H](C)c2ccc3cc(OC)ccc3c2)CC1. The Bertz CT molecular complexity index is 997. The van der Waals surface area contributed by atoms with Crippen molar-refractivity contribution in [3.05, 3.63) is 42.0 Å². The highest BCUT2D eigenvalue weighted by molar-refractivity contribution is 7.86. The van der Waals surface area contributed by atoms with E-state index < -0.39 is 10.2 Å². The van der Waals surface area contributed by atoms with Crippen LogP contribution >= 0.6 is 0 Å². The van der Waals surface area contributed by atoms with Crippen molar-refractivity contribution in [1.29, 1.82) is 0 Å². The summed E-state index contributed by atoms with van der Waals surface area (Å²) in [6.07, 6.45) is 0. The molecule has 1 heterocycles. The van der Waals surface area contributed by atoms with Crippen molar-refractivity contribution in [3.63, 3.8) is 0 Å². The van der Waals surface area contributed by atoms with Gasteiger partial charge in [-0.3, -0.25) is 4.79 Å². The van der Waals surface area contributed by atoms with Gasteiger partial charge in [0.25, 0.3) is 10.2 Å². The molecule has 1 aliphatic heterocycles. The van der Waals surface area contributed by atoms with Crippen LogP contribution < -0.4 is 4.74 Å². The molecule has 2 aromatic carbocycles. The zero-order chi connectivity index (χ0) is 21.9. The fraction of sp³-hybridized carbons (Fsp3) is 0.500. The average molecular weight is 434 g/mol. The van der Waals surface area contributed by atoms with Crippen LogP contribution in [-0.2, 0) is 15.0 Å². The van der Waals surface area contributed by atoms with Crippen molar-refractivity contribution >= 4 is 26.9 Å². The second kappa shape index (κ2) is 9.32. The van der Waals surface area contributed by atoms with Crippen LogP contribution in [0.3, 0.4) is 0 Å². The number of hydrogen-bond acceptors (Lipinski definition) is 4. The second-order valence-electron chi connectivity index (χ2n) is 7.51. The molecule has 1 fully saturated rings. The Balaban J connectivity index is 1.68. The lowest BCUT2D eigenvalue weighted by molar-refractivity contribution is -0.133. The number of methoxy groups -OCH3 is 1. The summed E-state index contributed by atoms with van der Waals surface area (Å²) >= 11 is 0. The molecular weight excluding hydrogens is 402 g/mol. The minimum Gasteiger partial charge on any atom is -0.497 e.